The molecule has 0 amide bonds. The highest BCUT2D eigenvalue weighted by molar-refractivity contribution is 7.89. The predicted octanol–water partition coefficient (Wildman–Crippen LogP) is 5.22. The van der Waals surface area contributed by atoms with Crippen molar-refractivity contribution < 1.29 is 49.1 Å². The van der Waals surface area contributed by atoms with E-state index in [2.05, 4.69) is 14.9 Å². The SMILES string of the molecule is CC(CCNS(=O)(=O)c1cc(Cl)ccc1NCC(C)(F)C(F)(F)F)N1CCCCC1.O=C(O)C(F)(F)F. The van der Waals surface area contributed by atoms with Crippen molar-refractivity contribution in [1.82, 2.24) is 9.62 Å². The molecule has 0 spiro atoms. The van der Waals surface area contributed by atoms with Crippen LogP contribution in [0.2, 0.25) is 5.02 Å². The molecule has 1 aromatic carbocycles. The lowest BCUT2D eigenvalue weighted by molar-refractivity contribution is -0.218. The zero-order valence-corrected chi connectivity index (χ0v) is 21.6. The van der Waals surface area contributed by atoms with Crippen LogP contribution in [0.25, 0.3) is 0 Å². The van der Waals surface area contributed by atoms with Gasteiger partial charge in [0.2, 0.25) is 15.7 Å². The van der Waals surface area contributed by atoms with Gasteiger partial charge < -0.3 is 15.3 Å². The molecular formula is C21H29ClF7N3O4S. The second-order valence-electron chi connectivity index (χ2n) is 8.62. The fraction of sp³-hybridized carbons (Fsp3) is 0.667. The zero-order chi connectivity index (χ0) is 28.7. The van der Waals surface area contributed by atoms with Gasteiger partial charge >= 0.3 is 18.3 Å². The Bertz CT molecular complexity index is 999. The van der Waals surface area contributed by atoms with E-state index in [1.807, 2.05) is 6.92 Å². The van der Waals surface area contributed by atoms with Gasteiger partial charge in [0.25, 0.3) is 0 Å². The summed E-state index contributed by atoms with van der Waals surface area (Å²) in [4.78, 5) is 10.9. The van der Waals surface area contributed by atoms with E-state index < -0.39 is 40.6 Å². The number of carboxylic acids is 1. The number of alkyl halides is 7. The summed E-state index contributed by atoms with van der Waals surface area (Å²) in [6, 6.07) is 3.87. The number of sulfonamides is 1. The van der Waals surface area contributed by atoms with E-state index in [1.54, 1.807) is 0 Å². The smallest absolute Gasteiger partial charge is 0.475 e. The zero-order valence-electron chi connectivity index (χ0n) is 20.0. The lowest BCUT2D eigenvalue weighted by Gasteiger charge is -2.32. The van der Waals surface area contributed by atoms with Crippen molar-refractivity contribution in [2.45, 2.75) is 68.5 Å². The van der Waals surface area contributed by atoms with E-state index in [9.17, 15) is 39.2 Å². The van der Waals surface area contributed by atoms with E-state index in [-0.39, 0.29) is 28.2 Å². The average molecular weight is 588 g/mol. The molecule has 0 saturated carbocycles. The molecule has 2 atom stereocenters. The van der Waals surface area contributed by atoms with Gasteiger partial charge in [0.05, 0.1) is 12.2 Å². The number of carbonyl (C=O) groups is 1. The van der Waals surface area contributed by atoms with Crippen LogP contribution < -0.4 is 10.0 Å². The number of hydrogen-bond donors (Lipinski definition) is 3. The minimum atomic E-state index is -5.09. The molecule has 1 saturated heterocycles. The molecule has 2 unspecified atom stereocenters. The molecule has 37 heavy (non-hydrogen) atoms. The Hall–Kier alpha value is -1.84. The summed E-state index contributed by atoms with van der Waals surface area (Å²) in [7, 11) is -4.06. The topological polar surface area (TPSA) is 98.7 Å². The summed E-state index contributed by atoms with van der Waals surface area (Å²) in [5.41, 5.74) is -3.67. The van der Waals surface area contributed by atoms with Gasteiger partial charge in [-0.05, 0) is 64.4 Å². The molecule has 3 N–H and O–H groups in total. The van der Waals surface area contributed by atoms with E-state index in [0.29, 0.717) is 13.3 Å². The molecule has 1 heterocycles. The van der Waals surface area contributed by atoms with E-state index in [1.165, 1.54) is 18.6 Å². The van der Waals surface area contributed by atoms with E-state index in [0.717, 1.165) is 32.0 Å². The van der Waals surface area contributed by atoms with Gasteiger partial charge in [-0.15, -0.1) is 0 Å². The first-order valence-corrected chi connectivity index (χ1v) is 13.0. The highest BCUT2D eigenvalue weighted by atomic mass is 35.5. The van der Waals surface area contributed by atoms with Crippen LogP contribution in [-0.2, 0) is 14.8 Å². The quantitative estimate of drug-likeness (QED) is 0.343. The number of carboxylic acid groups (broad SMARTS) is 1. The summed E-state index contributed by atoms with van der Waals surface area (Å²) in [6.45, 7) is 3.42. The molecular weight excluding hydrogens is 559 g/mol. The van der Waals surface area contributed by atoms with Gasteiger partial charge in [-0.1, -0.05) is 18.0 Å². The van der Waals surface area contributed by atoms with Crippen molar-refractivity contribution in [2.75, 3.05) is 31.5 Å². The number of likely N-dealkylation sites (tertiary alicyclic amines) is 1. The molecule has 0 aliphatic carbocycles. The minimum absolute atomic E-state index is 0.0986. The normalized spacial score (nSPS) is 17.8. The van der Waals surface area contributed by atoms with Crippen molar-refractivity contribution in [3.8, 4) is 0 Å². The number of hydrogen-bond acceptors (Lipinski definition) is 5. The minimum Gasteiger partial charge on any atom is -0.475 e. The van der Waals surface area contributed by atoms with E-state index in [4.69, 9.17) is 21.5 Å². The van der Waals surface area contributed by atoms with Gasteiger partial charge in [0, 0.05) is 17.6 Å². The highest BCUT2D eigenvalue weighted by Crippen LogP contribution is 2.34. The second kappa shape index (κ2) is 13.3. The third-order valence-corrected chi connectivity index (χ3v) is 7.28. The maximum absolute atomic E-state index is 13.9. The molecule has 1 fully saturated rings. The fourth-order valence-corrected chi connectivity index (χ4v) is 4.74. The van der Waals surface area contributed by atoms with Gasteiger partial charge in [0.1, 0.15) is 4.90 Å². The molecule has 214 valence electrons. The van der Waals surface area contributed by atoms with Crippen LogP contribution in [0.3, 0.4) is 0 Å². The van der Waals surface area contributed by atoms with Gasteiger partial charge in [-0.2, -0.15) is 26.3 Å². The molecule has 1 aromatic rings. The lowest BCUT2D eigenvalue weighted by atomic mass is 10.1. The Morgan fingerprint density at radius 2 is 1.65 bits per heavy atom. The first-order chi connectivity index (χ1) is 16.8. The molecule has 0 aromatic heterocycles. The van der Waals surface area contributed by atoms with Gasteiger partial charge in [0.15, 0.2) is 0 Å². The summed E-state index contributed by atoms with van der Waals surface area (Å²) in [5, 5.41) is 9.49. The standard InChI is InChI=1S/C19H28ClF4N3O2S.C2HF3O2/c1-14(27-10-4-3-5-11-27)8-9-26-30(28,29)17-12-15(20)6-7-16(17)25-13-18(2,21)19(22,23)24;3-2(4,5)1(6)7/h6-7,12,14,25-26H,3-5,8-11,13H2,1-2H3;(H,6,7). The molecule has 1 aliphatic heterocycles. The Morgan fingerprint density at radius 1 is 1.11 bits per heavy atom. The summed E-state index contributed by atoms with van der Waals surface area (Å²) >= 11 is 5.89. The number of piperidine rings is 1. The molecule has 0 radical (unpaired) electrons. The molecule has 0 bridgehead atoms. The summed E-state index contributed by atoms with van der Waals surface area (Å²) < 4.78 is 112. The van der Waals surface area contributed by atoms with Crippen molar-refractivity contribution >= 4 is 33.3 Å². The number of nitrogens with zero attached hydrogens (tertiary/aromatic N) is 1. The highest BCUT2D eigenvalue weighted by Gasteiger charge is 2.52. The Morgan fingerprint density at radius 3 is 2.14 bits per heavy atom. The largest absolute Gasteiger partial charge is 0.490 e. The third kappa shape index (κ3) is 10.8. The van der Waals surface area contributed by atoms with Crippen LogP contribution in [0.1, 0.15) is 39.5 Å². The van der Waals surface area contributed by atoms with Crippen LogP contribution in [0.5, 0.6) is 0 Å². The summed E-state index contributed by atoms with van der Waals surface area (Å²) in [5.74, 6) is -2.76. The van der Waals surface area contributed by atoms with E-state index >= 15 is 0 Å². The van der Waals surface area contributed by atoms with Crippen molar-refractivity contribution in [3.05, 3.63) is 23.2 Å². The number of nitrogens with one attached hydrogen (secondary N) is 2. The molecule has 2 rings (SSSR count). The molecule has 16 heteroatoms. The van der Waals surface area contributed by atoms with Crippen molar-refractivity contribution in [2.24, 2.45) is 0 Å². The van der Waals surface area contributed by atoms with Crippen LogP contribution in [0, 0.1) is 0 Å². The van der Waals surface area contributed by atoms with Gasteiger partial charge in [-0.3, -0.25) is 0 Å². The Kier molecular flexibility index (Phi) is 11.9. The summed E-state index contributed by atoms with van der Waals surface area (Å²) in [6.07, 6.45) is -6.14. The second-order valence-corrected chi connectivity index (χ2v) is 10.8. The molecule has 1 aliphatic rings. The average Bonchev–Trinajstić information content (AvgIpc) is 2.77. The van der Waals surface area contributed by atoms with Crippen LogP contribution in [0.4, 0.5) is 36.4 Å². The third-order valence-electron chi connectivity index (χ3n) is 5.55. The van der Waals surface area contributed by atoms with Crippen LogP contribution >= 0.6 is 11.6 Å². The fourth-order valence-electron chi connectivity index (χ4n) is 3.25. The Balaban J connectivity index is 0.000000856. The van der Waals surface area contributed by atoms with Gasteiger partial charge in [-0.25, -0.2) is 22.3 Å². The predicted molar refractivity (Wildman–Crippen MR) is 124 cm³/mol. The number of rotatable bonds is 9. The van der Waals surface area contributed by atoms with Crippen molar-refractivity contribution in [3.63, 3.8) is 0 Å². The maximum atomic E-state index is 13.9. The van der Waals surface area contributed by atoms with Crippen LogP contribution in [-0.4, -0.2) is 74.6 Å². The lowest BCUT2D eigenvalue weighted by Crippen LogP contribution is -2.44. The van der Waals surface area contributed by atoms with Crippen molar-refractivity contribution in [1.29, 1.82) is 0 Å². The number of halogens is 8. The number of benzene rings is 1. The maximum Gasteiger partial charge on any atom is 0.490 e. The first kappa shape index (κ1) is 33.2. The Labute approximate surface area is 215 Å². The monoisotopic (exact) mass is 587 g/mol. The first-order valence-electron chi connectivity index (χ1n) is 11.1. The van der Waals surface area contributed by atoms with Crippen LogP contribution in [0.15, 0.2) is 23.1 Å². The molecule has 7 nitrogen and oxygen atoms in total. The number of aliphatic carboxylic acids is 1. The number of anilines is 1.